The molecule has 4 nitrogen and oxygen atoms in total. The largest absolute Gasteiger partial charge is 0.378 e. The molecule has 0 aliphatic rings. The Bertz CT molecular complexity index is 435. The Kier molecular flexibility index (Phi) is 4.53. The lowest BCUT2D eigenvalue weighted by Gasteiger charge is -2.13. The summed E-state index contributed by atoms with van der Waals surface area (Å²) < 4.78 is 0. The molecule has 1 aromatic carbocycles. The third-order valence-corrected chi connectivity index (χ3v) is 2.41. The Hall–Kier alpha value is -2.02. The quantitative estimate of drug-likeness (QED) is 0.857. The van der Waals surface area contributed by atoms with Gasteiger partial charge in [-0.25, -0.2) is 0 Å². The molecule has 0 fully saturated rings. The Morgan fingerprint density at radius 3 is 2.82 bits per heavy atom. The molecule has 0 aliphatic heterocycles. The predicted octanol–water partition coefficient (Wildman–Crippen LogP) is 1.64. The highest BCUT2D eigenvalue weighted by molar-refractivity contribution is 5.95. The zero-order chi connectivity index (χ0) is 12.8. The first-order valence-electron chi connectivity index (χ1n) is 5.49. The third kappa shape index (κ3) is 3.80. The second-order valence-electron chi connectivity index (χ2n) is 4.18. The normalized spacial score (nSPS) is 11.4. The molecule has 0 aliphatic carbocycles. The van der Waals surface area contributed by atoms with Gasteiger partial charge in [-0.3, -0.25) is 4.79 Å². The van der Waals surface area contributed by atoms with E-state index < -0.39 is 0 Å². The fourth-order valence-electron chi connectivity index (χ4n) is 1.32. The van der Waals surface area contributed by atoms with Crippen LogP contribution in [0.1, 0.15) is 17.3 Å². The molecule has 1 amide bonds. The van der Waals surface area contributed by atoms with Crippen molar-refractivity contribution in [3.8, 4) is 6.07 Å². The highest BCUT2D eigenvalue weighted by atomic mass is 16.1. The van der Waals surface area contributed by atoms with Gasteiger partial charge in [-0.15, -0.1) is 0 Å². The van der Waals surface area contributed by atoms with Crippen molar-refractivity contribution in [3.63, 3.8) is 0 Å². The minimum Gasteiger partial charge on any atom is -0.378 e. The smallest absolute Gasteiger partial charge is 0.251 e. The SMILES string of the molecule is CC(C#N)CNC(=O)c1cccc(N(C)C)c1. The molecule has 17 heavy (non-hydrogen) atoms. The van der Waals surface area contributed by atoms with E-state index in [1.807, 2.05) is 37.2 Å². The van der Waals surface area contributed by atoms with Crippen molar-refractivity contribution < 1.29 is 4.79 Å². The van der Waals surface area contributed by atoms with Crippen molar-refractivity contribution in [2.45, 2.75) is 6.92 Å². The summed E-state index contributed by atoms with van der Waals surface area (Å²) in [6.07, 6.45) is 0. The summed E-state index contributed by atoms with van der Waals surface area (Å²) in [4.78, 5) is 13.7. The monoisotopic (exact) mass is 231 g/mol. The van der Waals surface area contributed by atoms with Gasteiger partial charge >= 0.3 is 0 Å². The number of hydrogen-bond donors (Lipinski definition) is 1. The van der Waals surface area contributed by atoms with E-state index in [1.165, 1.54) is 0 Å². The van der Waals surface area contributed by atoms with Crippen molar-refractivity contribution in [1.29, 1.82) is 5.26 Å². The van der Waals surface area contributed by atoms with E-state index in [0.717, 1.165) is 5.69 Å². The van der Waals surface area contributed by atoms with Gasteiger partial charge in [0, 0.05) is 31.9 Å². The Morgan fingerprint density at radius 2 is 2.24 bits per heavy atom. The molecule has 1 aromatic rings. The number of nitrogens with one attached hydrogen (secondary N) is 1. The van der Waals surface area contributed by atoms with Crippen LogP contribution in [0.5, 0.6) is 0 Å². The first kappa shape index (κ1) is 13.0. The van der Waals surface area contributed by atoms with Gasteiger partial charge in [0.05, 0.1) is 12.0 Å². The zero-order valence-electron chi connectivity index (χ0n) is 10.4. The van der Waals surface area contributed by atoms with Crippen LogP contribution >= 0.6 is 0 Å². The van der Waals surface area contributed by atoms with Crippen LogP contribution in [0, 0.1) is 17.2 Å². The van der Waals surface area contributed by atoms with Crippen molar-refractivity contribution in [3.05, 3.63) is 29.8 Å². The van der Waals surface area contributed by atoms with Crippen LogP contribution < -0.4 is 10.2 Å². The van der Waals surface area contributed by atoms with E-state index in [-0.39, 0.29) is 11.8 Å². The van der Waals surface area contributed by atoms with Crippen LogP contribution in [-0.2, 0) is 0 Å². The number of nitrogens with zero attached hydrogens (tertiary/aromatic N) is 2. The standard InChI is InChI=1S/C13H17N3O/c1-10(8-14)9-15-13(17)11-5-4-6-12(7-11)16(2)3/h4-7,10H,9H2,1-3H3,(H,15,17). The first-order valence-corrected chi connectivity index (χ1v) is 5.49. The van der Waals surface area contributed by atoms with Crippen molar-refractivity contribution in [2.75, 3.05) is 25.5 Å². The lowest BCUT2D eigenvalue weighted by molar-refractivity contribution is 0.0951. The lowest BCUT2D eigenvalue weighted by Crippen LogP contribution is -2.27. The van der Waals surface area contributed by atoms with Crippen molar-refractivity contribution in [1.82, 2.24) is 5.32 Å². The van der Waals surface area contributed by atoms with Gasteiger partial charge in [0.15, 0.2) is 0 Å². The van der Waals surface area contributed by atoms with E-state index in [1.54, 1.807) is 13.0 Å². The van der Waals surface area contributed by atoms with Gasteiger partial charge in [0.2, 0.25) is 0 Å². The number of carbonyl (C=O) groups is 1. The Morgan fingerprint density at radius 1 is 1.53 bits per heavy atom. The molecule has 1 unspecified atom stereocenters. The summed E-state index contributed by atoms with van der Waals surface area (Å²) in [5, 5.41) is 11.4. The van der Waals surface area contributed by atoms with E-state index in [4.69, 9.17) is 5.26 Å². The van der Waals surface area contributed by atoms with Crippen LogP contribution in [-0.4, -0.2) is 26.5 Å². The average molecular weight is 231 g/mol. The second kappa shape index (κ2) is 5.90. The summed E-state index contributed by atoms with van der Waals surface area (Å²) >= 11 is 0. The molecule has 90 valence electrons. The molecule has 0 aromatic heterocycles. The minimum absolute atomic E-state index is 0.143. The molecule has 1 N–H and O–H groups in total. The van der Waals surface area contributed by atoms with Crippen LogP contribution in [0.15, 0.2) is 24.3 Å². The van der Waals surface area contributed by atoms with Crippen LogP contribution in [0.4, 0.5) is 5.69 Å². The fourth-order valence-corrected chi connectivity index (χ4v) is 1.32. The van der Waals surface area contributed by atoms with Gasteiger partial charge in [0.1, 0.15) is 0 Å². The topological polar surface area (TPSA) is 56.1 Å². The number of amides is 1. The van der Waals surface area contributed by atoms with Crippen LogP contribution in [0.2, 0.25) is 0 Å². The van der Waals surface area contributed by atoms with Gasteiger partial charge in [0.25, 0.3) is 5.91 Å². The number of carbonyl (C=O) groups excluding carboxylic acids is 1. The Labute approximate surface area is 102 Å². The maximum absolute atomic E-state index is 11.8. The summed E-state index contributed by atoms with van der Waals surface area (Å²) in [5.41, 5.74) is 1.59. The number of nitriles is 1. The molecule has 4 heteroatoms. The van der Waals surface area contributed by atoms with Gasteiger partial charge < -0.3 is 10.2 Å². The first-order chi connectivity index (χ1) is 8.04. The Balaban J connectivity index is 2.70. The number of benzene rings is 1. The van der Waals surface area contributed by atoms with Gasteiger partial charge in [-0.1, -0.05) is 6.07 Å². The van der Waals surface area contributed by atoms with Crippen molar-refractivity contribution >= 4 is 11.6 Å². The van der Waals surface area contributed by atoms with Crippen molar-refractivity contribution in [2.24, 2.45) is 5.92 Å². The van der Waals surface area contributed by atoms with E-state index >= 15 is 0 Å². The van der Waals surface area contributed by atoms with Crippen LogP contribution in [0.25, 0.3) is 0 Å². The number of anilines is 1. The molecule has 0 saturated heterocycles. The maximum atomic E-state index is 11.8. The molecular formula is C13H17N3O. The summed E-state index contributed by atoms with van der Waals surface area (Å²) in [6, 6.07) is 9.45. The summed E-state index contributed by atoms with van der Waals surface area (Å²) in [6.45, 7) is 2.15. The molecule has 0 bridgehead atoms. The molecule has 0 radical (unpaired) electrons. The van der Waals surface area contributed by atoms with E-state index in [9.17, 15) is 4.79 Å². The molecule has 1 rings (SSSR count). The molecule has 1 atom stereocenters. The summed E-state index contributed by atoms with van der Waals surface area (Å²) in [5.74, 6) is -0.313. The second-order valence-corrected chi connectivity index (χ2v) is 4.18. The third-order valence-electron chi connectivity index (χ3n) is 2.41. The fraction of sp³-hybridized carbons (Fsp3) is 0.385. The van der Waals surface area contributed by atoms with Crippen LogP contribution in [0.3, 0.4) is 0 Å². The molecular weight excluding hydrogens is 214 g/mol. The predicted molar refractivity (Wildman–Crippen MR) is 67.9 cm³/mol. The average Bonchev–Trinajstić information content (AvgIpc) is 2.35. The van der Waals surface area contributed by atoms with Gasteiger partial charge in [-0.2, -0.15) is 5.26 Å². The zero-order valence-corrected chi connectivity index (χ0v) is 10.4. The highest BCUT2D eigenvalue weighted by Gasteiger charge is 2.08. The van der Waals surface area contributed by atoms with E-state index in [2.05, 4.69) is 11.4 Å². The van der Waals surface area contributed by atoms with E-state index in [0.29, 0.717) is 12.1 Å². The highest BCUT2D eigenvalue weighted by Crippen LogP contribution is 2.13. The summed E-state index contributed by atoms with van der Waals surface area (Å²) in [7, 11) is 3.85. The molecule has 0 saturated carbocycles. The molecule has 0 spiro atoms. The lowest BCUT2D eigenvalue weighted by atomic mass is 10.1. The number of rotatable bonds is 4. The molecule has 0 heterocycles. The number of hydrogen-bond acceptors (Lipinski definition) is 3. The minimum atomic E-state index is -0.170. The van der Waals surface area contributed by atoms with Gasteiger partial charge in [-0.05, 0) is 25.1 Å². The maximum Gasteiger partial charge on any atom is 0.251 e.